The number of ether oxygens (including phenoxy) is 1. The van der Waals surface area contributed by atoms with Crippen LogP contribution in [0.25, 0.3) is 0 Å². The molecule has 2 unspecified atom stereocenters. The lowest BCUT2D eigenvalue weighted by atomic mass is 10.2. The van der Waals surface area contributed by atoms with Gasteiger partial charge in [-0.2, -0.15) is 0 Å². The second-order valence-corrected chi connectivity index (χ2v) is 6.09. The summed E-state index contributed by atoms with van der Waals surface area (Å²) in [5.41, 5.74) is 0.809. The predicted octanol–water partition coefficient (Wildman–Crippen LogP) is 2.18. The molecular weight excluding hydrogens is 308 g/mol. The van der Waals surface area contributed by atoms with E-state index >= 15 is 0 Å². The van der Waals surface area contributed by atoms with E-state index in [1.807, 2.05) is 0 Å². The Hall–Kier alpha value is -0.880. The average Bonchev–Trinajstić information content (AvgIpc) is 2.28. The maximum Gasteiger partial charge on any atom is 0.318 e. The van der Waals surface area contributed by atoms with E-state index in [2.05, 4.69) is 15.9 Å². The highest BCUT2D eigenvalue weighted by atomic mass is 79.9. The Bertz CT molecular complexity index is 447. The zero-order chi connectivity index (χ0) is 13.0. The summed E-state index contributed by atoms with van der Waals surface area (Å²) >= 11 is 3.32. The Labute approximate surface area is 111 Å². The van der Waals surface area contributed by atoms with E-state index in [0.29, 0.717) is 5.75 Å². The van der Waals surface area contributed by atoms with Gasteiger partial charge in [-0.25, -0.2) is 0 Å². The molecular formula is C11H13BrO4S. The molecule has 0 heterocycles. The van der Waals surface area contributed by atoms with E-state index in [0.717, 1.165) is 10.0 Å². The molecule has 1 aromatic rings. The van der Waals surface area contributed by atoms with Crippen molar-refractivity contribution in [3.63, 3.8) is 0 Å². The van der Waals surface area contributed by atoms with Crippen LogP contribution < -0.4 is 4.74 Å². The first-order valence-corrected chi connectivity index (χ1v) is 7.05. The van der Waals surface area contributed by atoms with Crippen LogP contribution in [0.5, 0.6) is 5.75 Å². The standard InChI is InChI=1S/C11H13BrO4S/c1-7(11(13)14)17(15)6-8-3-4-10(16-2)9(12)5-8/h3-5,7H,6H2,1-2H3,(H,13,14). The van der Waals surface area contributed by atoms with Crippen LogP contribution in [0.1, 0.15) is 12.5 Å². The Morgan fingerprint density at radius 2 is 2.24 bits per heavy atom. The molecule has 6 heteroatoms. The number of carbonyl (C=O) groups is 1. The van der Waals surface area contributed by atoms with Crippen LogP contribution in [-0.4, -0.2) is 27.6 Å². The van der Waals surface area contributed by atoms with E-state index in [4.69, 9.17) is 9.84 Å². The van der Waals surface area contributed by atoms with Crippen LogP contribution in [0.15, 0.2) is 22.7 Å². The number of hydrogen-bond donors (Lipinski definition) is 1. The number of carboxylic acids is 1. The first-order valence-electron chi connectivity index (χ1n) is 4.88. The third kappa shape index (κ3) is 3.81. The maximum absolute atomic E-state index is 11.7. The first kappa shape index (κ1) is 14.2. The number of aliphatic carboxylic acids is 1. The highest BCUT2D eigenvalue weighted by Crippen LogP contribution is 2.26. The molecule has 2 atom stereocenters. The molecule has 0 aliphatic rings. The largest absolute Gasteiger partial charge is 0.496 e. The monoisotopic (exact) mass is 320 g/mol. The van der Waals surface area contributed by atoms with E-state index in [-0.39, 0.29) is 5.75 Å². The summed E-state index contributed by atoms with van der Waals surface area (Å²) in [6, 6.07) is 5.31. The number of methoxy groups -OCH3 is 1. The zero-order valence-corrected chi connectivity index (χ0v) is 11.9. The minimum absolute atomic E-state index is 0.218. The highest BCUT2D eigenvalue weighted by Gasteiger charge is 2.19. The second-order valence-electron chi connectivity index (χ2n) is 3.47. The zero-order valence-electron chi connectivity index (χ0n) is 9.47. The van der Waals surface area contributed by atoms with Gasteiger partial charge in [-0.3, -0.25) is 9.00 Å². The third-order valence-corrected chi connectivity index (χ3v) is 4.50. The number of hydrogen-bond acceptors (Lipinski definition) is 3. The van der Waals surface area contributed by atoms with Gasteiger partial charge in [0.25, 0.3) is 0 Å². The smallest absolute Gasteiger partial charge is 0.318 e. The van der Waals surface area contributed by atoms with Crippen LogP contribution in [0.2, 0.25) is 0 Å². The van der Waals surface area contributed by atoms with Crippen molar-refractivity contribution in [2.45, 2.75) is 17.9 Å². The van der Waals surface area contributed by atoms with Crippen molar-refractivity contribution in [1.29, 1.82) is 0 Å². The van der Waals surface area contributed by atoms with Gasteiger partial charge in [-0.05, 0) is 40.5 Å². The maximum atomic E-state index is 11.7. The molecule has 94 valence electrons. The summed E-state index contributed by atoms with van der Waals surface area (Å²) in [7, 11) is 0.136. The molecule has 0 aliphatic heterocycles. The van der Waals surface area contributed by atoms with Crippen molar-refractivity contribution >= 4 is 32.7 Å². The number of benzene rings is 1. The molecule has 0 fully saturated rings. The Balaban J connectivity index is 2.79. The molecule has 0 radical (unpaired) electrons. The number of rotatable bonds is 5. The molecule has 0 amide bonds. The van der Waals surface area contributed by atoms with Crippen molar-refractivity contribution in [1.82, 2.24) is 0 Å². The van der Waals surface area contributed by atoms with Gasteiger partial charge in [0, 0.05) is 16.6 Å². The fourth-order valence-corrected chi connectivity index (χ4v) is 2.77. The molecule has 0 aromatic heterocycles. The summed E-state index contributed by atoms with van der Waals surface area (Å²) in [6.07, 6.45) is 0. The van der Waals surface area contributed by atoms with Gasteiger partial charge in [0.15, 0.2) is 0 Å². The quantitative estimate of drug-likeness (QED) is 0.903. The summed E-state index contributed by atoms with van der Waals surface area (Å²) in [5.74, 6) is -0.141. The van der Waals surface area contributed by atoms with Crippen LogP contribution in [0, 0.1) is 0 Å². The minimum atomic E-state index is -1.42. The van der Waals surface area contributed by atoms with Gasteiger partial charge in [0.1, 0.15) is 11.0 Å². The lowest BCUT2D eigenvalue weighted by Gasteiger charge is -2.08. The SMILES string of the molecule is COc1ccc(CS(=O)C(C)C(=O)O)cc1Br. The Morgan fingerprint density at radius 1 is 1.59 bits per heavy atom. The van der Waals surface area contributed by atoms with E-state index in [1.54, 1.807) is 25.3 Å². The molecule has 0 bridgehead atoms. The molecule has 4 nitrogen and oxygen atoms in total. The van der Waals surface area contributed by atoms with Gasteiger partial charge in [0.2, 0.25) is 0 Å². The van der Waals surface area contributed by atoms with Crippen molar-refractivity contribution in [2.75, 3.05) is 7.11 Å². The summed E-state index contributed by atoms with van der Waals surface area (Å²) in [4.78, 5) is 10.7. The number of carboxylic acid groups (broad SMARTS) is 1. The van der Waals surface area contributed by atoms with Crippen molar-refractivity contribution in [3.8, 4) is 5.75 Å². The highest BCUT2D eigenvalue weighted by molar-refractivity contribution is 9.10. The fourth-order valence-electron chi connectivity index (χ4n) is 1.20. The van der Waals surface area contributed by atoms with Gasteiger partial charge >= 0.3 is 5.97 Å². The first-order chi connectivity index (χ1) is 7.95. The average molecular weight is 321 g/mol. The second kappa shape index (κ2) is 6.16. The van der Waals surface area contributed by atoms with E-state index < -0.39 is 22.0 Å². The lowest BCUT2D eigenvalue weighted by Crippen LogP contribution is -2.22. The van der Waals surface area contributed by atoms with E-state index in [9.17, 15) is 9.00 Å². The Kier molecular flexibility index (Phi) is 5.14. The van der Waals surface area contributed by atoms with Gasteiger partial charge < -0.3 is 9.84 Å². The predicted molar refractivity (Wildman–Crippen MR) is 69.6 cm³/mol. The summed E-state index contributed by atoms with van der Waals surface area (Å²) < 4.78 is 17.5. The molecule has 0 saturated carbocycles. The van der Waals surface area contributed by atoms with Gasteiger partial charge in [-0.15, -0.1) is 0 Å². The number of halogens is 1. The lowest BCUT2D eigenvalue weighted by molar-refractivity contribution is -0.136. The topological polar surface area (TPSA) is 63.6 Å². The van der Waals surface area contributed by atoms with Crippen molar-refractivity contribution < 1.29 is 18.8 Å². The molecule has 1 aromatic carbocycles. The van der Waals surface area contributed by atoms with Crippen molar-refractivity contribution in [3.05, 3.63) is 28.2 Å². The van der Waals surface area contributed by atoms with Crippen LogP contribution in [0.3, 0.4) is 0 Å². The molecule has 1 rings (SSSR count). The molecule has 0 saturated heterocycles. The summed E-state index contributed by atoms with van der Waals surface area (Å²) in [6.45, 7) is 1.44. The fraction of sp³-hybridized carbons (Fsp3) is 0.364. The normalized spacial score (nSPS) is 14.1. The molecule has 17 heavy (non-hydrogen) atoms. The van der Waals surface area contributed by atoms with Crippen LogP contribution in [-0.2, 0) is 21.3 Å². The van der Waals surface area contributed by atoms with Crippen LogP contribution >= 0.6 is 15.9 Å². The van der Waals surface area contributed by atoms with Crippen molar-refractivity contribution in [2.24, 2.45) is 0 Å². The van der Waals surface area contributed by atoms with E-state index in [1.165, 1.54) is 6.92 Å². The molecule has 1 N–H and O–H groups in total. The summed E-state index contributed by atoms with van der Waals surface area (Å²) in [5, 5.41) is 7.88. The molecule has 0 spiro atoms. The Morgan fingerprint density at radius 3 is 2.71 bits per heavy atom. The molecule has 0 aliphatic carbocycles. The van der Waals surface area contributed by atoms with Crippen LogP contribution in [0.4, 0.5) is 0 Å². The van der Waals surface area contributed by atoms with Gasteiger partial charge in [-0.1, -0.05) is 6.07 Å². The van der Waals surface area contributed by atoms with Gasteiger partial charge in [0.05, 0.1) is 11.6 Å². The third-order valence-electron chi connectivity index (χ3n) is 2.27. The minimum Gasteiger partial charge on any atom is -0.496 e.